The lowest BCUT2D eigenvalue weighted by Crippen LogP contribution is -2.08. The molecule has 0 aliphatic carbocycles. The zero-order valence-electron chi connectivity index (χ0n) is 8.72. The highest BCUT2D eigenvalue weighted by atomic mass is 35.5. The van der Waals surface area contributed by atoms with E-state index in [1.807, 2.05) is 6.07 Å². The van der Waals surface area contributed by atoms with Gasteiger partial charge < -0.3 is 9.84 Å². The third-order valence-electron chi connectivity index (χ3n) is 2.06. The Morgan fingerprint density at radius 1 is 1.47 bits per heavy atom. The van der Waals surface area contributed by atoms with Gasteiger partial charge in [0, 0.05) is 19.2 Å². The van der Waals surface area contributed by atoms with Crippen molar-refractivity contribution in [1.29, 1.82) is 5.26 Å². The topological polar surface area (TPSA) is 87.6 Å². The fraction of sp³-hybridized carbons (Fsp3) is 0.200. The smallest absolute Gasteiger partial charge is 0.213 e. The molecule has 86 valence electrons. The van der Waals surface area contributed by atoms with Crippen LogP contribution >= 0.6 is 11.6 Å². The highest BCUT2D eigenvalue weighted by molar-refractivity contribution is 6.34. The number of nitrogens with one attached hydrogen (secondary N) is 1. The summed E-state index contributed by atoms with van der Waals surface area (Å²) in [5, 5.41) is 15.8. The molecule has 2 rings (SSSR count). The molecule has 0 aliphatic heterocycles. The molecule has 7 heteroatoms. The molecule has 0 amide bonds. The second-order valence-electron chi connectivity index (χ2n) is 3.16. The first-order valence-corrected chi connectivity index (χ1v) is 5.23. The summed E-state index contributed by atoms with van der Waals surface area (Å²) in [6.45, 7) is 0.557. The molecule has 1 N–H and O–H groups in total. The molecule has 2 heterocycles. The van der Waals surface area contributed by atoms with E-state index in [1.54, 1.807) is 6.07 Å². The molecule has 0 atom stereocenters. The fourth-order valence-corrected chi connectivity index (χ4v) is 1.47. The number of pyridine rings is 1. The largest absolute Gasteiger partial charge is 0.368 e. The van der Waals surface area contributed by atoms with Crippen LogP contribution in [0.15, 0.2) is 23.2 Å². The monoisotopic (exact) mass is 249 g/mol. The highest BCUT2D eigenvalue weighted by Crippen LogP contribution is 2.22. The van der Waals surface area contributed by atoms with E-state index in [4.69, 9.17) is 16.9 Å². The number of anilines is 1. The number of nitriles is 1. The van der Waals surface area contributed by atoms with Crippen LogP contribution in [0.4, 0.5) is 5.82 Å². The summed E-state index contributed by atoms with van der Waals surface area (Å²) in [6.07, 6.45) is 3.39. The zero-order chi connectivity index (χ0) is 12.1. The van der Waals surface area contributed by atoms with Crippen molar-refractivity contribution in [3.8, 4) is 6.07 Å². The second kappa shape index (κ2) is 5.27. The average molecular weight is 250 g/mol. The van der Waals surface area contributed by atoms with Crippen LogP contribution in [0.3, 0.4) is 0 Å². The summed E-state index contributed by atoms with van der Waals surface area (Å²) >= 11 is 5.97. The normalized spacial score (nSPS) is 9.88. The molecular formula is C10H8ClN5O. The van der Waals surface area contributed by atoms with Crippen molar-refractivity contribution in [3.63, 3.8) is 0 Å². The second-order valence-corrected chi connectivity index (χ2v) is 3.54. The molecule has 0 spiro atoms. The quantitative estimate of drug-likeness (QED) is 0.886. The van der Waals surface area contributed by atoms with Crippen LogP contribution in [0.1, 0.15) is 11.4 Å². The number of rotatable bonds is 4. The molecule has 2 aromatic heterocycles. The van der Waals surface area contributed by atoms with Crippen molar-refractivity contribution in [1.82, 2.24) is 15.1 Å². The first-order valence-electron chi connectivity index (χ1n) is 4.85. The third-order valence-corrected chi connectivity index (χ3v) is 2.44. The number of hydrogen-bond donors (Lipinski definition) is 1. The Labute approximate surface area is 102 Å². The minimum absolute atomic E-state index is 0.322. The Hall–Kier alpha value is -2.13. The molecule has 0 aromatic carbocycles. The van der Waals surface area contributed by atoms with Gasteiger partial charge in [-0.15, -0.1) is 0 Å². The third kappa shape index (κ3) is 2.71. The van der Waals surface area contributed by atoms with E-state index in [2.05, 4.69) is 25.0 Å². The summed E-state index contributed by atoms with van der Waals surface area (Å²) in [4.78, 5) is 7.93. The van der Waals surface area contributed by atoms with E-state index < -0.39 is 0 Å². The Balaban J connectivity index is 1.98. The first kappa shape index (κ1) is 11.4. The lowest BCUT2D eigenvalue weighted by Gasteiger charge is -2.06. The minimum atomic E-state index is 0.322. The zero-order valence-corrected chi connectivity index (χ0v) is 9.48. The molecule has 6 nitrogen and oxygen atoms in total. The van der Waals surface area contributed by atoms with Gasteiger partial charge in [-0.05, 0) is 6.07 Å². The molecule has 0 fully saturated rings. The number of aromatic nitrogens is 3. The van der Waals surface area contributed by atoms with Gasteiger partial charge in [-0.3, -0.25) is 0 Å². The van der Waals surface area contributed by atoms with Crippen molar-refractivity contribution in [2.24, 2.45) is 0 Å². The van der Waals surface area contributed by atoms with Crippen LogP contribution in [0, 0.1) is 11.3 Å². The molecule has 0 radical (unpaired) electrons. The van der Waals surface area contributed by atoms with Crippen molar-refractivity contribution in [2.75, 3.05) is 11.9 Å². The van der Waals surface area contributed by atoms with Crippen LogP contribution in [-0.2, 0) is 6.42 Å². The van der Waals surface area contributed by atoms with Gasteiger partial charge in [-0.2, -0.15) is 10.2 Å². The van der Waals surface area contributed by atoms with Crippen molar-refractivity contribution < 1.29 is 4.52 Å². The van der Waals surface area contributed by atoms with E-state index in [1.165, 1.54) is 12.6 Å². The van der Waals surface area contributed by atoms with Gasteiger partial charge in [-0.1, -0.05) is 16.8 Å². The molecule has 2 aromatic rings. The van der Waals surface area contributed by atoms with E-state index >= 15 is 0 Å². The minimum Gasteiger partial charge on any atom is -0.368 e. The van der Waals surface area contributed by atoms with Gasteiger partial charge in [0.1, 0.15) is 16.9 Å². The molecule has 0 saturated carbocycles. The van der Waals surface area contributed by atoms with Crippen LogP contribution in [0.2, 0.25) is 5.02 Å². The van der Waals surface area contributed by atoms with Gasteiger partial charge in [0.05, 0.1) is 5.56 Å². The van der Waals surface area contributed by atoms with Crippen LogP contribution in [0.25, 0.3) is 0 Å². The Morgan fingerprint density at radius 2 is 2.35 bits per heavy atom. The molecular weight excluding hydrogens is 242 g/mol. The maximum atomic E-state index is 8.80. The lowest BCUT2D eigenvalue weighted by atomic mass is 10.3. The number of halogens is 1. The molecule has 0 aliphatic rings. The predicted octanol–water partition coefficient (Wildman–Crippen LogP) is 1.64. The molecule has 0 unspecified atom stereocenters. The average Bonchev–Trinajstić information content (AvgIpc) is 2.84. The maximum absolute atomic E-state index is 8.80. The van der Waals surface area contributed by atoms with E-state index in [0.717, 1.165) is 0 Å². The van der Waals surface area contributed by atoms with Gasteiger partial charge in [0.15, 0.2) is 5.82 Å². The first-order chi connectivity index (χ1) is 8.31. The van der Waals surface area contributed by atoms with Crippen molar-refractivity contribution in [3.05, 3.63) is 35.1 Å². The van der Waals surface area contributed by atoms with Gasteiger partial charge in [-0.25, -0.2) is 4.98 Å². The Kier molecular flexibility index (Phi) is 3.52. The lowest BCUT2D eigenvalue weighted by molar-refractivity contribution is 0.410. The van der Waals surface area contributed by atoms with Crippen LogP contribution < -0.4 is 5.32 Å². The molecule has 17 heavy (non-hydrogen) atoms. The summed E-state index contributed by atoms with van der Waals surface area (Å²) in [7, 11) is 0. The number of nitrogens with zero attached hydrogens (tertiary/aromatic N) is 4. The molecule has 0 saturated heterocycles. The van der Waals surface area contributed by atoms with Gasteiger partial charge in [0.25, 0.3) is 0 Å². The summed E-state index contributed by atoms with van der Waals surface area (Å²) in [5.74, 6) is 1.08. The van der Waals surface area contributed by atoms with Gasteiger partial charge >= 0.3 is 0 Å². The standard InChI is InChI=1S/C10H8ClN5O/c11-9-7(5-12)1-3-13-10(9)14-4-2-8-15-6-17-16-8/h1,3,6H,2,4H2,(H,13,14). The van der Waals surface area contributed by atoms with Crippen molar-refractivity contribution in [2.45, 2.75) is 6.42 Å². The maximum Gasteiger partial charge on any atom is 0.213 e. The Bertz CT molecular complexity index is 534. The van der Waals surface area contributed by atoms with E-state index in [-0.39, 0.29) is 0 Å². The van der Waals surface area contributed by atoms with E-state index in [9.17, 15) is 0 Å². The van der Waals surface area contributed by atoms with Gasteiger partial charge in [0.2, 0.25) is 6.39 Å². The van der Waals surface area contributed by atoms with E-state index in [0.29, 0.717) is 35.2 Å². The number of hydrogen-bond acceptors (Lipinski definition) is 6. The predicted molar refractivity (Wildman–Crippen MR) is 60.5 cm³/mol. The van der Waals surface area contributed by atoms with Crippen LogP contribution in [-0.4, -0.2) is 21.7 Å². The fourth-order valence-electron chi connectivity index (χ4n) is 1.25. The SMILES string of the molecule is N#Cc1ccnc(NCCc2ncon2)c1Cl. The van der Waals surface area contributed by atoms with Crippen molar-refractivity contribution >= 4 is 17.4 Å². The highest BCUT2D eigenvalue weighted by Gasteiger charge is 2.06. The molecule has 0 bridgehead atoms. The summed E-state index contributed by atoms with van der Waals surface area (Å²) < 4.78 is 4.60. The van der Waals surface area contributed by atoms with Crippen LogP contribution in [0.5, 0.6) is 0 Å². The Morgan fingerprint density at radius 3 is 3.06 bits per heavy atom. The summed E-state index contributed by atoms with van der Waals surface area (Å²) in [5.41, 5.74) is 0.392. The summed E-state index contributed by atoms with van der Waals surface area (Å²) in [6, 6.07) is 3.55.